The molecular weight excluding hydrogens is 234 g/mol. The Morgan fingerprint density at radius 1 is 1.47 bits per heavy atom. The SMILES string of the molecule is COCC(N)C(CO)SCc1cccc(C)c1. The molecule has 2 atom stereocenters. The summed E-state index contributed by atoms with van der Waals surface area (Å²) in [6.45, 7) is 2.64. The van der Waals surface area contributed by atoms with Crippen molar-refractivity contribution >= 4 is 11.8 Å². The first-order valence-corrected chi connectivity index (χ1v) is 6.74. The van der Waals surface area contributed by atoms with Crippen molar-refractivity contribution < 1.29 is 9.84 Å². The average Bonchev–Trinajstić information content (AvgIpc) is 2.30. The van der Waals surface area contributed by atoms with Crippen LogP contribution >= 0.6 is 11.8 Å². The Morgan fingerprint density at radius 3 is 2.82 bits per heavy atom. The molecule has 0 bridgehead atoms. The smallest absolute Gasteiger partial charge is 0.0625 e. The Morgan fingerprint density at radius 2 is 2.24 bits per heavy atom. The predicted molar refractivity (Wildman–Crippen MR) is 73.2 cm³/mol. The summed E-state index contributed by atoms with van der Waals surface area (Å²) in [5.74, 6) is 0.865. The zero-order valence-corrected chi connectivity index (χ0v) is 11.2. The summed E-state index contributed by atoms with van der Waals surface area (Å²) in [5.41, 5.74) is 8.44. The van der Waals surface area contributed by atoms with E-state index in [4.69, 9.17) is 10.5 Å². The molecule has 1 rings (SSSR count). The number of aliphatic hydroxyl groups is 1. The van der Waals surface area contributed by atoms with E-state index in [0.29, 0.717) is 6.61 Å². The van der Waals surface area contributed by atoms with E-state index in [2.05, 4.69) is 25.1 Å². The molecule has 0 aliphatic heterocycles. The standard InChI is InChI=1S/C13H21NO2S/c1-10-4-3-5-11(6-10)9-17-13(7-15)12(14)8-16-2/h3-6,12-13,15H,7-9,14H2,1-2H3. The summed E-state index contributed by atoms with van der Waals surface area (Å²) in [4.78, 5) is 0. The maximum Gasteiger partial charge on any atom is 0.0625 e. The van der Waals surface area contributed by atoms with Crippen LogP contribution in [0.1, 0.15) is 11.1 Å². The van der Waals surface area contributed by atoms with Gasteiger partial charge in [0.25, 0.3) is 0 Å². The van der Waals surface area contributed by atoms with Gasteiger partial charge in [-0.15, -0.1) is 11.8 Å². The first-order valence-electron chi connectivity index (χ1n) is 5.70. The van der Waals surface area contributed by atoms with Crippen LogP contribution in [-0.4, -0.2) is 36.7 Å². The van der Waals surface area contributed by atoms with E-state index in [1.165, 1.54) is 11.1 Å². The van der Waals surface area contributed by atoms with Crippen molar-refractivity contribution in [3.63, 3.8) is 0 Å². The second-order valence-electron chi connectivity index (χ2n) is 4.14. The normalized spacial score (nSPS) is 14.6. The highest BCUT2D eigenvalue weighted by Gasteiger charge is 2.17. The molecule has 0 aromatic heterocycles. The van der Waals surface area contributed by atoms with Crippen LogP contribution in [0.2, 0.25) is 0 Å². The fourth-order valence-corrected chi connectivity index (χ4v) is 2.63. The van der Waals surface area contributed by atoms with Crippen LogP contribution in [0.3, 0.4) is 0 Å². The molecule has 0 amide bonds. The lowest BCUT2D eigenvalue weighted by molar-refractivity contribution is 0.167. The van der Waals surface area contributed by atoms with Gasteiger partial charge in [-0.25, -0.2) is 0 Å². The van der Waals surface area contributed by atoms with E-state index in [9.17, 15) is 5.11 Å². The van der Waals surface area contributed by atoms with Gasteiger partial charge in [0, 0.05) is 24.2 Å². The van der Waals surface area contributed by atoms with Crippen LogP contribution in [0.4, 0.5) is 0 Å². The summed E-state index contributed by atoms with van der Waals surface area (Å²) in [6, 6.07) is 8.25. The maximum absolute atomic E-state index is 9.30. The molecule has 0 fully saturated rings. The van der Waals surface area contributed by atoms with E-state index >= 15 is 0 Å². The number of methoxy groups -OCH3 is 1. The van der Waals surface area contributed by atoms with Crippen LogP contribution in [0.5, 0.6) is 0 Å². The van der Waals surface area contributed by atoms with Gasteiger partial charge in [-0.2, -0.15) is 0 Å². The number of nitrogens with two attached hydrogens (primary N) is 1. The van der Waals surface area contributed by atoms with Gasteiger partial charge in [-0.05, 0) is 12.5 Å². The largest absolute Gasteiger partial charge is 0.395 e. The minimum Gasteiger partial charge on any atom is -0.395 e. The summed E-state index contributed by atoms with van der Waals surface area (Å²) < 4.78 is 5.01. The summed E-state index contributed by atoms with van der Waals surface area (Å²) in [7, 11) is 1.62. The molecule has 0 saturated heterocycles. The van der Waals surface area contributed by atoms with Gasteiger partial charge in [0.15, 0.2) is 0 Å². The number of thioether (sulfide) groups is 1. The minimum absolute atomic E-state index is 0.0236. The zero-order chi connectivity index (χ0) is 12.7. The number of ether oxygens (including phenoxy) is 1. The maximum atomic E-state index is 9.30. The van der Waals surface area contributed by atoms with Crippen molar-refractivity contribution in [2.24, 2.45) is 5.73 Å². The second-order valence-corrected chi connectivity index (χ2v) is 5.37. The van der Waals surface area contributed by atoms with Gasteiger partial charge in [-0.1, -0.05) is 29.8 Å². The topological polar surface area (TPSA) is 55.5 Å². The van der Waals surface area contributed by atoms with Crippen LogP contribution in [0.15, 0.2) is 24.3 Å². The first-order chi connectivity index (χ1) is 8.17. The average molecular weight is 255 g/mol. The molecule has 3 N–H and O–H groups in total. The van der Waals surface area contributed by atoms with Crippen LogP contribution < -0.4 is 5.73 Å². The van der Waals surface area contributed by atoms with E-state index in [-0.39, 0.29) is 17.9 Å². The molecule has 1 aromatic carbocycles. The molecule has 0 aliphatic carbocycles. The van der Waals surface area contributed by atoms with E-state index < -0.39 is 0 Å². The fourth-order valence-electron chi connectivity index (χ4n) is 1.62. The van der Waals surface area contributed by atoms with E-state index in [1.807, 2.05) is 6.07 Å². The van der Waals surface area contributed by atoms with Gasteiger partial charge in [0.05, 0.1) is 13.2 Å². The highest BCUT2D eigenvalue weighted by molar-refractivity contribution is 7.99. The lowest BCUT2D eigenvalue weighted by atomic mass is 10.2. The Bertz CT molecular complexity index is 333. The van der Waals surface area contributed by atoms with Crippen LogP contribution in [0.25, 0.3) is 0 Å². The van der Waals surface area contributed by atoms with Gasteiger partial charge < -0.3 is 15.6 Å². The first kappa shape index (κ1) is 14.5. The van der Waals surface area contributed by atoms with Crippen molar-refractivity contribution in [3.8, 4) is 0 Å². The molecule has 1 aromatic rings. The molecule has 0 aliphatic rings. The van der Waals surface area contributed by atoms with Crippen molar-refractivity contribution in [2.45, 2.75) is 24.0 Å². The van der Waals surface area contributed by atoms with Crippen LogP contribution in [-0.2, 0) is 10.5 Å². The van der Waals surface area contributed by atoms with Crippen molar-refractivity contribution in [1.29, 1.82) is 0 Å². The number of rotatable bonds is 7. The van der Waals surface area contributed by atoms with Crippen molar-refractivity contribution in [2.75, 3.05) is 20.3 Å². The molecule has 0 spiro atoms. The Labute approximate surface area is 107 Å². The van der Waals surface area contributed by atoms with E-state index in [0.717, 1.165) is 5.75 Å². The Hall–Kier alpha value is -0.550. The lowest BCUT2D eigenvalue weighted by Crippen LogP contribution is -2.38. The molecule has 0 heterocycles. The fraction of sp³-hybridized carbons (Fsp3) is 0.538. The molecule has 2 unspecified atom stereocenters. The number of aryl methyl sites for hydroxylation is 1. The second kappa shape index (κ2) is 7.71. The van der Waals surface area contributed by atoms with Gasteiger partial charge in [0.1, 0.15) is 0 Å². The van der Waals surface area contributed by atoms with Gasteiger partial charge in [-0.3, -0.25) is 0 Å². The zero-order valence-electron chi connectivity index (χ0n) is 10.4. The quantitative estimate of drug-likeness (QED) is 0.776. The molecule has 96 valence electrons. The lowest BCUT2D eigenvalue weighted by Gasteiger charge is -2.20. The van der Waals surface area contributed by atoms with Gasteiger partial charge >= 0.3 is 0 Å². The molecule has 17 heavy (non-hydrogen) atoms. The Kier molecular flexibility index (Phi) is 6.58. The predicted octanol–water partition coefficient (Wildman–Crippen LogP) is 1.56. The molecular formula is C13H21NO2S. The molecule has 3 nitrogen and oxygen atoms in total. The molecule has 0 saturated carbocycles. The number of hydrogen-bond donors (Lipinski definition) is 2. The number of benzene rings is 1. The minimum atomic E-state index is -0.125. The van der Waals surface area contributed by atoms with Crippen molar-refractivity contribution in [3.05, 3.63) is 35.4 Å². The third kappa shape index (κ3) is 5.08. The summed E-state index contributed by atoms with van der Waals surface area (Å²) >= 11 is 1.68. The Balaban J connectivity index is 2.47. The van der Waals surface area contributed by atoms with E-state index in [1.54, 1.807) is 18.9 Å². The van der Waals surface area contributed by atoms with Crippen LogP contribution in [0, 0.1) is 6.92 Å². The van der Waals surface area contributed by atoms with Crippen molar-refractivity contribution in [1.82, 2.24) is 0 Å². The third-order valence-corrected chi connectivity index (χ3v) is 3.99. The molecule has 0 radical (unpaired) electrons. The molecule has 4 heteroatoms. The number of aliphatic hydroxyl groups excluding tert-OH is 1. The number of hydrogen-bond acceptors (Lipinski definition) is 4. The summed E-state index contributed by atoms with van der Waals surface area (Å²) in [6.07, 6.45) is 0. The highest BCUT2D eigenvalue weighted by atomic mass is 32.2. The highest BCUT2D eigenvalue weighted by Crippen LogP contribution is 2.20. The monoisotopic (exact) mass is 255 g/mol. The third-order valence-electron chi connectivity index (χ3n) is 2.56. The van der Waals surface area contributed by atoms with Gasteiger partial charge in [0.2, 0.25) is 0 Å². The summed E-state index contributed by atoms with van der Waals surface area (Å²) in [5, 5.41) is 9.32.